The molecule has 0 aromatic heterocycles. The van der Waals surface area contributed by atoms with E-state index in [0.717, 1.165) is 34.9 Å². The number of hydrogen-bond acceptors (Lipinski definition) is 1. The molecular formula is C20H16O. The smallest absolute Gasteiger partial charge is 0.194 e. The largest absolute Gasteiger partial charge is 0.289 e. The van der Waals surface area contributed by atoms with Crippen LogP contribution in [0.1, 0.15) is 39.5 Å². The van der Waals surface area contributed by atoms with Crippen molar-refractivity contribution in [1.82, 2.24) is 0 Å². The molecule has 0 bridgehead atoms. The maximum atomic E-state index is 12.9. The van der Waals surface area contributed by atoms with Crippen LogP contribution < -0.4 is 0 Å². The lowest BCUT2D eigenvalue weighted by molar-refractivity contribution is 0.103. The summed E-state index contributed by atoms with van der Waals surface area (Å²) in [5.41, 5.74) is 5.42. The molecule has 0 amide bonds. The van der Waals surface area contributed by atoms with Crippen molar-refractivity contribution < 1.29 is 4.79 Å². The van der Waals surface area contributed by atoms with Crippen molar-refractivity contribution in [2.45, 2.75) is 19.8 Å². The molecule has 0 atom stereocenters. The summed E-state index contributed by atoms with van der Waals surface area (Å²) in [7, 11) is 0. The summed E-state index contributed by atoms with van der Waals surface area (Å²) in [5.74, 6) is 0.172. The molecule has 3 aromatic rings. The molecule has 0 N–H and O–H groups in total. The van der Waals surface area contributed by atoms with Gasteiger partial charge in [-0.2, -0.15) is 0 Å². The number of benzene rings is 3. The van der Waals surface area contributed by atoms with E-state index in [1.165, 1.54) is 16.5 Å². The lowest BCUT2D eigenvalue weighted by Gasteiger charge is -2.21. The third-order valence-corrected chi connectivity index (χ3v) is 4.46. The third kappa shape index (κ3) is 1.74. The van der Waals surface area contributed by atoms with E-state index in [0.29, 0.717) is 0 Å². The Morgan fingerprint density at radius 3 is 2.43 bits per heavy atom. The first-order chi connectivity index (χ1) is 10.3. The molecular weight excluding hydrogens is 256 g/mol. The van der Waals surface area contributed by atoms with Crippen molar-refractivity contribution in [2.24, 2.45) is 0 Å². The molecule has 1 nitrogen and oxygen atoms in total. The fraction of sp³-hybridized carbons (Fsp3) is 0.150. The fourth-order valence-electron chi connectivity index (χ4n) is 3.45. The highest BCUT2D eigenvalue weighted by Gasteiger charge is 2.25. The Morgan fingerprint density at radius 1 is 0.905 bits per heavy atom. The highest BCUT2D eigenvalue weighted by molar-refractivity contribution is 6.19. The molecule has 21 heavy (non-hydrogen) atoms. The Bertz CT molecular complexity index is 874. The van der Waals surface area contributed by atoms with Crippen LogP contribution in [-0.2, 0) is 12.8 Å². The Kier molecular flexibility index (Phi) is 2.68. The van der Waals surface area contributed by atoms with Gasteiger partial charge in [-0.1, -0.05) is 61.5 Å². The average Bonchev–Trinajstić information content (AvgIpc) is 2.54. The van der Waals surface area contributed by atoms with E-state index in [-0.39, 0.29) is 5.78 Å². The second kappa shape index (κ2) is 4.56. The standard InChI is InChI=1S/C20H16O/c1-2-13-11-15-12-14-7-3-4-9-17(14)20(21)19(15)18-10-6-5-8-16(13)18/h3-11H,2,12H2,1H3. The predicted molar refractivity (Wildman–Crippen MR) is 86.0 cm³/mol. The van der Waals surface area contributed by atoms with E-state index in [1.54, 1.807) is 0 Å². The molecule has 3 aromatic carbocycles. The Hall–Kier alpha value is -2.41. The monoisotopic (exact) mass is 272 g/mol. The van der Waals surface area contributed by atoms with Crippen molar-refractivity contribution in [3.05, 3.63) is 82.4 Å². The zero-order valence-electron chi connectivity index (χ0n) is 12.0. The molecule has 1 aliphatic carbocycles. The van der Waals surface area contributed by atoms with Crippen LogP contribution in [0.5, 0.6) is 0 Å². The van der Waals surface area contributed by atoms with Gasteiger partial charge in [0.2, 0.25) is 0 Å². The summed E-state index contributed by atoms with van der Waals surface area (Å²) in [6.45, 7) is 2.17. The van der Waals surface area contributed by atoms with Crippen LogP contribution in [0.2, 0.25) is 0 Å². The quantitative estimate of drug-likeness (QED) is 0.497. The molecule has 0 saturated heterocycles. The van der Waals surface area contributed by atoms with Crippen molar-refractivity contribution in [3.63, 3.8) is 0 Å². The van der Waals surface area contributed by atoms with E-state index in [4.69, 9.17) is 0 Å². The minimum absolute atomic E-state index is 0.172. The average molecular weight is 272 g/mol. The minimum Gasteiger partial charge on any atom is -0.289 e. The summed E-state index contributed by atoms with van der Waals surface area (Å²) in [6, 6.07) is 18.5. The Labute approximate surface area is 124 Å². The van der Waals surface area contributed by atoms with Gasteiger partial charge >= 0.3 is 0 Å². The molecule has 102 valence electrons. The number of carbonyl (C=O) groups is 1. The molecule has 4 rings (SSSR count). The third-order valence-electron chi connectivity index (χ3n) is 4.46. The lowest BCUT2D eigenvalue weighted by Crippen LogP contribution is -2.16. The van der Waals surface area contributed by atoms with E-state index < -0.39 is 0 Å². The maximum absolute atomic E-state index is 12.9. The highest BCUT2D eigenvalue weighted by Crippen LogP contribution is 2.34. The van der Waals surface area contributed by atoms with E-state index in [1.807, 2.05) is 24.3 Å². The van der Waals surface area contributed by atoms with Gasteiger partial charge in [0, 0.05) is 11.1 Å². The van der Waals surface area contributed by atoms with Crippen LogP contribution in [0.25, 0.3) is 10.8 Å². The normalized spacial score (nSPS) is 13.1. The van der Waals surface area contributed by atoms with Crippen molar-refractivity contribution in [1.29, 1.82) is 0 Å². The molecule has 0 spiro atoms. The number of rotatable bonds is 1. The first kappa shape index (κ1) is 12.3. The van der Waals surface area contributed by atoms with E-state index in [2.05, 4.69) is 37.3 Å². The number of aryl methyl sites for hydroxylation is 1. The van der Waals surface area contributed by atoms with Crippen LogP contribution in [0, 0.1) is 0 Å². The first-order valence-electron chi connectivity index (χ1n) is 7.45. The predicted octanol–water partition coefficient (Wildman–Crippen LogP) is 4.54. The Morgan fingerprint density at radius 2 is 1.62 bits per heavy atom. The number of ketones is 1. The van der Waals surface area contributed by atoms with Crippen molar-refractivity contribution in [3.8, 4) is 0 Å². The maximum Gasteiger partial charge on any atom is 0.194 e. The molecule has 0 unspecified atom stereocenters. The molecule has 1 aliphatic rings. The first-order valence-corrected chi connectivity index (χ1v) is 7.45. The van der Waals surface area contributed by atoms with Gasteiger partial charge in [0.15, 0.2) is 5.78 Å². The summed E-state index contributed by atoms with van der Waals surface area (Å²) < 4.78 is 0. The van der Waals surface area contributed by atoms with Gasteiger partial charge in [-0.05, 0) is 40.3 Å². The van der Waals surface area contributed by atoms with Gasteiger partial charge in [-0.3, -0.25) is 4.79 Å². The van der Waals surface area contributed by atoms with Crippen LogP contribution in [0.4, 0.5) is 0 Å². The number of carbonyl (C=O) groups excluding carboxylic acids is 1. The van der Waals surface area contributed by atoms with E-state index >= 15 is 0 Å². The Balaban J connectivity index is 2.08. The van der Waals surface area contributed by atoms with Crippen LogP contribution >= 0.6 is 0 Å². The second-order valence-electron chi connectivity index (χ2n) is 5.63. The van der Waals surface area contributed by atoms with Gasteiger partial charge in [0.1, 0.15) is 0 Å². The van der Waals surface area contributed by atoms with Gasteiger partial charge in [-0.15, -0.1) is 0 Å². The zero-order chi connectivity index (χ0) is 14.4. The summed E-state index contributed by atoms with van der Waals surface area (Å²) in [6.07, 6.45) is 1.85. The second-order valence-corrected chi connectivity index (χ2v) is 5.63. The fourth-order valence-corrected chi connectivity index (χ4v) is 3.45. The molecule has 1 heteroatoms. The minimum atomic E-state index is 0.172. The molecule has 0 fully saturated rings. The zero-order valence-corrected chi connectivity index (χ0v) is 12.0. The summed E-state index contributed by atoms with van der Waals surface area (Å²) in [4.78, 5) is 12.9. The highest BCUT2D eigenvalue weighted by atomic mass is 16.1. The van der Waals surface area contributed by atoms with Gasteiger partial charge in [-0.25, -0.2) is 0 Å². The van der Waals surface area contributed by atoms with Crippen molar-refractivity contribution in [2.75, 3.05) is 0 Å². The van der Waals surface area contributed by atoms with Gasteiger partial charge in [0.05, 0.1) is 0 Å². The van der Waals surface area contributed by atoms with Crippen molar-refractivity contribution >= 4 is 16.6 Å². The number of fused-ring (bicyclic) bond motifs is 4. The molecule has 0 radical (unpaired) electrons. The summed E-state index contributed by atoms with van der Waals surface area (Å²) >= 11 is 0. The van der Waals surface area contributed by atoms with Crippen LogP contribution in [0.3, 0.4) is 0 Å². The molecule has 0 saturated carbocycles. The number of hydrogen-bond donors (Lipinski definition) is 0. The SMILES string of the molecule is CCc1cc2c(c3ccccc13)C(=O)c1ccccc1C2. The van der Waals surface area contributed by atoms with Crippen LogP contribution in [-0.4, -0.2) is 5.78 Å². The molecule has 0 heterocycles. The van der Waals surface area contributed by atoms with Gasteiger partial charge < -0.3 is 0 Å². The van der Waals surface area contributed by atoms with Gasteiger partial charge in [0.25, 0.3) is 0 Å². The topological polar surface area (TPSA) is 17.1 Å². The lowest BCUT2D eigenvalue weighted by atomic mass is 9.81. The van der Waals surface area contributed by atoms with E-state index in [9.17, 15) is 4.79 Å². The van der Waals surface area contributed by atoms with Crippen LogP contribution in [0.15, 0.2) is 54.6 Å². The molecule has 0 aliphatic heterocycles. The summed E-state index contributed by atoms with van der Waals surface area (Å²) in [5, 5.41) is 2.32.